The number of aromatic nitrogens is 2. The molecule has 1 aromatic carbocycles. The molecular formula is C15H17N3O2S. The van der Waals surface area contributed by atoms with E-state index in [0.29, 0.717) is 19.2 Å². The van der Waals surface area contributed by atoms with Gasteiger partial charge in [-0.05, 0) is 31.2 Å². The van der Waals surface area contributed by atoms with Gasteiger partial charge < -0.3 is 14.8 Å². The quantitative estimate of drug-likeness (QED) is 0.875. The number of nitrogens with zero attached hydrogens (tertiary/aromatic N) is 2. The van der Waals surface area contributed by atoms with E-state index in [2.05, 4.69) is 15.3 Å². The summed E-state index contributed by atoms with van der Waals surface area (Å²) >= 11 is 1.58. The number of hydrogen-bond acceptors (Lipinski definition) is 6. The normalized spacial score (nSPS) is 13.6. The average Bonchev–Trinajstić information content (AvgIpc) is 2.73. The zero-order valence-corrected chi connectivity index (χ0v) is 12.7. The maximum absolute atomic E-state index is 5.71. The lowest BCUT2D eigenvalue weighted by Crippen LogP contribution is -2.01. The van der Waals surface area contributed by atoms with Crippen molar-refractivity contribution in [1.82, 2.24) is 9.97 Å². The van der Waals surface area contributed by atoms with Gasteiger partial charge >= 0.3 is 0 Å². The maximum atomic E-state index is 5.71. The largest absolute Gasteiger partial charge is 0.490 e. The number of fused-ring (bicyclic) bond motifs is 1. The summed E-state index contributed by atoms with van der Waals surface area (Å²) in [5, 5.41) is 4.01. The van der Waals surface area contributed by atoms with E-state index in [4.69, 9.17) is 9.47 Å². The summed E-state index contributed by atoms with van der Waals surface area (Å²) in [6, 6.07) is 7.87. The highest BCUT2D eigenvalue weighted by molar-refractivity contribution is 7.99. The molecule has 0 radical (unpaired) electrons. The van der Waals surface area contributed by atoms with E-state index < -0.39 is 0 Å². The van der Waals surface area contributed by atoms with Gasteiger partial charge in [0.15, 0.2) is 11.5 Å². The number of rotatable bonds is 4. The molecule has 3 rings (SSSR count). The molecule has 6 heteroatoms. The predicted octanol–water partition coefficient (Wildman–Crippen LogP) is 3.22. The van der Waals surface area contributed by atoms with E-state index in [1.54, 1.807) is 18.0 Å². The van der Waals surface area contributed by atoms with Gasteiger partial charge in [0.2, 0.25) is 5.95 Å². The first-order valence-electron chi connectivity index (χ1n) is 6.99. The highest BCUT2D eigenvalue weighted by Crippen LogP contribution is 2.36. The molecule has 2 aromatic rings. The van der Waals surface area contributed by atoms with E-state index in [1.165, 1.54) is 0 Å². The van der Waals surface area contributed by atoms with Crippen LogP contribution in [0.3, 0.4) is 0 Å². The minimum atomic E-state index is 0.650. The summed E-state index contributed by atoms with van der Waals surface area (Å²) < 4.78 is 11.3. The molecule has 1 aliphatic heterocycles. The van der Waals surface area contributed by atoms with Crippen molar-refractivity contribution in [3.63, 3.8) is 0 Å². The highest BCUT2D eigenvalue weighted by atomic mass is 32.2. The van der Waals surface area contributed by atoms with E-state index in [9.17, 15) is 0 Å². The van der Waals surface area contributed by atoms with Crippen molar-refractivity contribution in [1.29, 1.82) is 0 Å². The second kappa shape index (κ2) is 6.67. The van der Waals surface area contributed by atoms with Crippen molar-refractivity contribution in [2.75, 3.05) is 25.1 Å². The Bertz CT molecular complexity index is 622. The zero-order valence-electron chi connectivity index (χ0n) is 11.8. The molecule has 0 amide bonds. The van der Waals surface area contributed by atoms with Crippen LogP contribution in [0.15, 0.2) is 40.4 Å². The number of ether oxygens (including phenoxy) is 2. The van der Waals surface area contributed by atoms with E-state index in [1.807, 2.05) is 31.2 Å². The number of benzene rings is 1. The Hall–Kier alpha value is -1.95. The Morgan fingerprint density at radius 3 is 2.90 bits per heavy atom. The van der Waals surface area contributed by atoms with Crippen LogP contribution >= 0.6 is 11.8 Å². The first-order chi connectivity index (χ1) is 10.3. The third kappa shape index (κ3) is 3.58. The summed E-state index contributed by atoms with van der Waals surface area (Å²) in [5.74, 6) is 2.27. The summed E-state index contributed by atoms with van der Waals surface area (Å²) in [4.78, 5) is 9.70. The van der Waals surface area contributed by atoms with Crippen molar-refractivity contribution in [2.45, 2.75) is 23.3 Å². The van der Waals surface area contributed by atoms with Gasteiger partial charge in [0.25, 0.3) is 0 Å². The molecule has 0 unspecified atom stereocenters. The molecule has 1 N–H and O–H groups in total. The third-order valence-corrected chi connectivity index (χ3v) is 3.83. The van der Waals surface area contributed by atoms with Crippen molar-refractivity contribution in [3.05, 3.63) is 30.5 Å². The van der Waals surface area contributed by atoms with E-state index >= 15 is 0 Å². The van der Waals surface area contributed by atoms with Crippen molar-refractivity contribution < 1.29 is 9.47 Å². The molecule has 1 aliphatic rings. The number of hydrogen-bond donors (Lipinski definition) is 1. The summed E-state index contributed by atoms with van der Waals surface area (Å²) in [6.07, 6.45) is 2.67. The van der Waals surface area contributed by atoms with Crippen LogP contribution in [0.4, 0.5) is 5.95 Å². The van der Waals surface area contributed by atoms with Crippen LogP contribution in [0.25, 0.3) is 0 Å². The van der Waals surface area contributed by atoms with E-state index in [-0.39, 0.29) is 0 Å². The van der Waals surface area contributed by atoms with Gasteiger partial charge in [-0.2, -0.15) is 0 Å². The Morgan fingerprint density at radius 2 is 2.05 bits per heavy atom. The maximum Gasteiger partial charge on any atom is 0.223 e. The summed E-state index contributed by atoms with van der Waals surface area (Å²) in [6.45, 7) is 4.22. The van der Waals surface area contributed by atoms with Crippen LogP contribution in [0.2, 0.25) is 0 Å². The van der Waals surface area contributed by atoms with Crippen molar-refractivity contribution >= 4 is 17.7 Å². The fourth-order valence-electron chi connectivity index (χ4n) is 1.97. The van der Waals surface area contributed by atoms with Crippen LogP contribution in [0, 0.1) is 0 Å². The fourth-order valence-corrected chi connectivity index (χ4v) is 2.77. The molecule has 0 atom stereocenters. The smallest absolute Gasteiger partial charge is 0.223 e. The van der Waals surface area contributed by atoms with Crippen molar-refractivity contribution in [3.8, 4) is 11.5 Å². The van der Waals surface area contributed by atoms with Crippen LogP contribution in [0.5, 0.6) is 11.5 Å². The van der Waals surface area contributed by atoms with Crippen LogP contribution < -0.4 is 14.8 Å². The van der Waals surface area contributed by atoms with Crippen LogP contribution in [-0.4, -0.2) is 29.7 Å². The second-order valence-electron chi connectivity index (χ2n) is 4.51. The van der Waals surface area contributed by atoms with Gasteiger partial charge in [0.1, 0.15) is 5.03 Å². The van der Waals surface area contributed by atoms with Gasteiger partial charge in [-0.15, -0.1) is 0 Å². The molecule has 0 spiro atoms. The Kier molecular flexibility index (Phi) is 4.45. The minimum Gasteiger partial charge on any atom is -0.490 e. The molecule has 0 saturated heterocycles. The van der Waals surface area contributed by atoms with Gasteiger partial charge in [-0.3, -0.25) is 0 Å². The van der Waals surface area contributed by atoms with Crippen molar-refractivity contribution in [2.24, 2.45) is 0 Å². The van der Waals surface area contributed by atoms with Gasteiger partial charge in [0.05, 0.1) is 13.2 Å². The van der Waals surface area contributed by atoms with Gasteiger partial charge in [-0.25, -0.2) is 9.97 Å². The average molecular weight is 303 g/mol. The Labute approximate surface area is 128 Å². The Morgan fingerprint density at radius 1 is 1.19 bits per heavy atom. The lowest BCUT2D eigenvalue weighted by molar-refractivity contribution is 0.297. The third-order valence-electron chi connectivity index (χ3n) is 2.91. The summed E-state index contributed by atoms with van der Waals surface area (Å²) in [7, 11) is 0. The molecule has 0 bridgehead atoms. The molecule has 110 valence electrons. The standard InChI is InChI=1S/C15H17N3O2S/c1-2-16-15-17-7-6-14(18-15)21-11-4-5-12-13(10-11)20-9-3-8-19-12/h4-7,10H,2-3,8-9H2,1H3,(H,16,17,18). The lowest BCUT2D eigenvalue weighted by Gasteiger charge is -2.09. The fraction of sp³-hybridized carbons (Fsp3) is 0.333. The molecule has 2 heterocycles. The molecule has 0 fully saturated rings. The van der Waals surface area contributed by atoms with Crippen LogP contribution in [-0.2, 0) is 0 Å². The Balaban J connectivity index is 1.78. The van der Waals surface area contributed by atoms with Gasteiger partial charge in [-0.1, -0.05) is 11.8 Å². The zero-order chi connectivity index (χ0) is 14.5. The lowest BCUT2D eigenvalue weighted by atomic mass is 10.3. The SMILES string of the molecule is CCNc1nccc(Sc2ccc3c(c2)OCCCO3)n1. The monoisotopic (exact) mass is 303 g/mol. The first kappa shape index (κ1) is 14.0. The van der Waals surface area contributed by atoms with E-state index in [0.717, 1.165) is 34.4 Å². The molecular weight excluding hydrogens is 286 g/mol. The van der Waals surface area contributed by atoms with Gasteiger partial charge in [0, 0.05) is 24.1 Å². The molecule has 21 heavy (non-hydrogen) atoms. The first-order valence-corrected chi connectivity index (χ1v) is 7.81. The molecule has 1 aromatic heterocycles. The summed E-state index contributed by atoms with van der Waals surface area (Å²) in [5.41, 5.74) is 0. The number of anilines is 1. The predicted molar refractivity (Wildman–Crippen MR) is 82.4 cm³/mol. The number of nitrogens with one attached hydrogen (secondary N) is 1. The minimum absolute atomic E-state index is 0.650. The highest BCUT2D eigenvalue weighted by Gasteiger charge is 2.11. The van der Waals surface area contributed by atoms with Crippen LogP contribution in [0.1, 0.15) is 13.3 Å². The topological polar surface area (TPSA) is 56.3 Å². The second-order valence-corrected chi connectivity index (χ2v) is 5.60. The molecule has 5 nitrogen and oxygen atoms in total. The molecule has 0 aliphatic carbocycles. The molecule has 0 saturated carbocycles.